The predicted octanol–water partition coefficient (Wildman–Crippen LogP) is 1.89. The van der Waals surface area contributed by atoms with Gasteiger partial charge in [-0.05, 0) is 44.4 Å². The summed E-state index contributed by atoms with van der Waals surface area (Å²) in [5.41, 5.74) is 0.842. The molecule has 7 nitrogen and oxygen atoms in total. The number of nitro groups is 1. The van der Waals surface area contributed by atoms with Crippen molar-refractivity contribution in [3.8, 4) is 6.07 Å². The maximum Gasteiger partial charge on any atom is 0.287 e. The molecule has 0 radical (unpaired) electrons. The van der Waals surface area contributed by atoms with Crippen LogP contribution in [-0.4, -0.2) is 53.3 Å². The summed E-state index contributed by atoms with van der Waals surface area (Å²) in [4.78, 5) is 15.1. The molecule has 0 saturated carbocycles. The molecular weight excluding hydrogens is 308 g/mol. The van der Waals surface area contributed by atoms with Gasteiger partial charge in [0.05, 0.1) is 11.5 Å². The number of hydrogen-bond acceptors (Lipinski definition) is 6. The smallest absolute Gasteiger partial charge is 0.287 e. The van der Waals surface area contributed by atoms with E-state index in [4.69, 9.17) is 0 Å². The Hall–Kier alpha value is -2.17. The van der Waals surface area contributed by atoms with Gasteiger partial charge in [-0.1, -0.05) is 0 Å². The Morgan fingerprint density at radius 1 is 1.29 bits per heavy atom. The summed E-state index contributed by atoms with van der Waals surface area (Å²) < 4.78 is 0. The first-order valence-electron chi connectivity index (χ1n) is 8.44. The molecule has 2 heterocycles. The van der Waals surface area contributed by atoms with E-state index in [1.165, 1.54) is 6.07 Å². The Balaban J connectivity index is 1.78. The molecule has 3 rings (SSSR count). The molecule has 1 aromatic carbocycles. The maximum absolute atomic E-state index is 11.0. The van der Waals surface area contributed by atoms with Crippen LogP contribution in [0.4, 0.5) is 11.4 Å². The summed E-state index contributed by atoms with van der Waals surface area (Å²) in [6.45, 7) is 3.00. The van der Waals surface area contributed by atoms with Crippen LogP contribution in [0.1, 0.15) is 31.2 Å². The van der Waals surface area contributed by atoms with Crippen molar-refractivity contribution in [2.75, 3.05) is 31.1 Å². The molecule has 0 bridgehead atoms. The molecule has 2 fully saturated rings. The van der Waals surface area contributed by atoms with Crippen molar-refractivity contribution in [3.63, 3.8) is 0 Å². The molecule has 0 spiro atoms. The fourth-order valence-electron chi connectivity index (χ4n) is 3.93. The number of hydrogen-bond donors (Lipinski definition) is 1. The van der Waals surface area contributed by atoms with E-state index in [0.717, 1.165) is 51.0 Å². The lowest BCUT2D eigenvalue weighted by Crippen LogP contribution is -2.43. The lowest BCUT2D eigenvalue weighted by atomic mass is 10.1. The molecule has 2 aliphatic rings. The van der Waals surface area contributed by atoms with E-state index >= 15 is 0 Å². The first-order valence-corrected chi connectivity index (χ1v) is 8.44. The van der Waals surface area contributed by atoms with Gasteiger partial charge in [-0.25, -0.2) is 0 Å². The van der Waals surface area contributed by atoms with Gasteiger partial charge in [-0.2, -0.15) is 5.26 Å². The lowest BCUT2D eigenvalue weighted by Gasteiger charge is -2.32. The fourth-order valence-corrected chi connectivity index (χ4v) is 3.93. The van der Waals surface area contributed by atoms with Crippen molar-refractivity contribution in [1.82, 2.24) is 4.90 Å². The number of rotatable bonds is 5. The SMILES string of the molecule is N#Cc1cc(N2CCC[C@@H]2CN2CCC[C@H]2CO)ccc1[N+](=O)[O-]. The maximum atomic E-state index is 11.0. The number of likely N-dealkylation sites (tertiary alicyclic amines) is 1. The van der Waals surface area contributed by atoms with Crippen molar-refractivity contribution < 1.29 is 10.0 Å². The third kappa shape index (κ3) is 3.21. The number of nitriles is 1. The van der Waals surface area contributed by atoms with E-state index in [2.05, 4.69) is 9.80 Å². The zero-order chi connectivity index (χ0) is 17.1. The molecule has 7 heteroatoms. The van der Waals surface area contributed by atoms with E-state index in [1.54, 1.807) is 12.1 Å². The normalized spacial score (nSPS) is 24.2. The van der Waals surface area contributed by atoms with Crippen LogP contribution in [0, 0.1) is 21.4 Å². The lowest BCUT2D eigenvalue weighted by molar-refractivity contribution is -0.385. The van der Waals surface area contributed by atoms with Gasteiger partial charge in [0, 0.05) is 36.9 Å². The Morgan fingerprint density at radius 2 is 2.04 bits per heavy atom. The van der Waals surface area contributed by atoms with Crippen molar-refractivity contribution in [2.24, 2.45) is 0 Å². The number of aliphatic hydroxyl groups excluding tert-OH is 1. The predicted molar refractivity (Wildman–Crippen MR) is 89.9 cm³/mol. The first-order chi connectivity index (χ1) is 11.6. The highest BCUT2D eigenvalue weighted by atomic mass is 16.6. The van der Waals surface area contributed by atoms with E-state index in [1.807, 2.05) is 6.07 Å². The molecule has 0 aliphatic carbocycles. The van der Waals surface area contributed by atoms with Crippen LogP contribution in [-0.2, 0) is 0 Å². The third-order valence-electron chi connectivity index (χ3n) is 5.16. The van der Waals surface area contributed by atoms with Crippen LogP contribution in [0.15, 0.2) is 18.2 Å². The topological polar surface area (TPSA) is 93.6 Å². The second kappa shape index (κ2) is 7.16. The average Bonchev–Trinajstić information content (AvgIpc) is 3.23. The minimum Gasteiger partial charge on any atom is -0.395 e. The highest BCUT2D eigenvalue weighted by Gasteiger charge is 2.32. The first kappa shape index (κ1) is 16.7. The van der Waals surface area contributed by atoms with Crippen molar-refractivity contribution in [3.05, 3.63) is 33.9 Å². The Labute approximate surface area is 141 Å². The summed E-state index contributed by atoms with van der Waals surface area (Å²) >= 11 is 0. The van der Waals surface area contributed by atoms with Crippen LogP contribution in [0.3, 0.4) is 0 Å². The highest BCUT2D eigenvalue weighted by molar-refractivity contribution is 5.60. The summed E-state index contributed by atoms with van der Waals surface area (Å²) in [6.07, 6.45) is 4.29. The molecule has 0 amide bonds. The van der Waals surface area contributed by atoms with Gasteiger partial charge in [-0.15, -0.1) is 0 Å². The minimum atomic E-state index is -0.514. The van der Waals surface area contributed by atoms with Crippen LogP contribution in [0.25, 0.3) is 0 Å². The molecule has 0 aromatic heterocycles. The van der Waals surface area contributed by atoms with E-state index in [9.17, 15) is 20.5 Å². The largest absolute Gasteiger partial charge is 0.395 e. The van der Waals surface area contributed by atoms with Crippen LogP contribution in [0.2, 0.25) is 0 Å². The molecule has 1 aromatic rings. The minimum absolute atomic E-state index is 0.109. The van der Waals surface area contributed by atoms with E-state index in [0.29, 0.717) is 6.04 Å². The average molecular weight is 330 g/mol. The number of anilines is 1. The van der Waals surface area contributed by atoms with Crippen LogP contribution >= 0.6 is 0 Å². The van der Waals surface area contributed by atoms with Crippen LogP contribution < -0.4 is 4.90 Å². The van der Waals surface area contributed by atoms with Gasteiger partial charge in [0.15, 0.2) is 0 Å². The standard InChI is InChI=1S/C17H22N4O3/c18-10-13-9-14(5-6-17(13)21(23)24)20-8-2-3-15(20)11-19-7-1-4-16(19)12-22/h5-6,9,15-16,22H,1-4,7-8,11-12H2/t15-,16+/m1/s1. The van der Waals surface area contributed by atoms with Crippen molar-refractivity contribution in [2.45, 2.75) is 37.8 Å². The summed E-state index contributed by atoms with van der Waals surface area (Å²) in [5.74, 6) is 0. The molecule has 128 valence electrons. The Morgan fingerprint density at radius 3 is 2.75 bits per heavy atom. The van der Waals surface area contributed by atoms with Gasteiger partial charge in [-0.3, -0.25) is 15.0 Å². The highest BCUT2D eigenvalue weighted by Crippen LogP contribution is 2.31. The van der Waals surface area contributed by atoms with Crippen molar-refractivity contribution in [1.29, 1.82) is 5.26 Å². The summed E-state index contributed by atoms with van der Waals surface area (Å²) in [5, 5.41) is 29.7. The quantitative estimate of drug-likeness (QED) is 0.654. The number of nitrogens with zero attached hydrogens (tertiary/aromatic N) is 4. The number of aliphatic hydroxyl groups is 1. The van der Waals surface area contributed by atoms with Gasteiger partial charge in [0.2, 0.25) is 0 Å². The molecule has 2 saturated heterocycles. The second-order valence-corrected chi connectivity index (χ2v) is 6.53. The summed E-state index contributed by atoms with van der Waals surface area (Å²) in [7, 11) is 0. The Bertz CT molecular complexity index is 658. The zero-order valence-corrected chi connectivity index (χ0v) is 13.6. The number of benzene rings is 1. The zero-order valence-electron chi connectivity index (χ0n) is 13.6. The van der Waals surface area contributed by atoms with Gasteiger partial charge in [0.1, 0.15) is 11.6 Å². The summed E-state index contributed by atoms with van der Waals surface area (Å²) in [6, 6.07) is 7.30. The molecular formula is C17H22N4O3. The van der Waals surface area contributed by atoms with Gasteiger partial charge < -0.3 is 10.0 Å². The molecule has 24 heavy (non-hydrogen) atoms. The molecule has 0 unspecified atom stereocenters. The van der Waals surface area contributed by atoms with E-state index in [-0.39, 0.29) is 23.9 Å². The monoisotopic (exact) mass is 330 g/mol. The van der Waals surface area contributed by atoms with Gasteiger partial charge in [0.25, 0.3) is 5.69 Å². The van der Waals surface area contributed by atoms with Gasteiger partial charge >= 0.3 is 0 Å². The third-order valence-corrected chi connectivity index (χ3v) is 5.16. The number of nitro benzene ring substituents is 1. The fraction of sp³-hybridized carbons (Fsp3) is 0.588. The van der Waals surface area contributed by atoms with Crippen LogP contribution in [0.5, 0.6) is 0 Å². The molecule has 1 N–H and O–H groups in total. The van der Waals surface area contributed by atoms with Crippen molar-refractivity contribution >= 4 is 11.4 Å². The molecule has 2 aliphatic heterocycles. The second-order valence-electron chi connectivity index (χ2n) is 6.53. The Kier molecular flexibility index (Phi) is 4.97. The van der Waals surface area contributed by atoms with E-state index < -0.39 is 4.92 Å². The molecule has 2 atom stereocenters.